The van der Waals surface area contributed by atoms with Crippen LogP contribution in [0.2, 0.25) is 5.02 Å². The minimum atomic E-state index is 0.327. The number of nitrogens with zero attached hydrogens (tertiary/aromatic N) is 2. The molecule has 0 aliphatic heterocycles. The molecule has 3 aromatic carbocycles. The summed E-state index contributed by atoms with van der Waals surface area (Å²) in [7, 11) is 0. The molecule has 0 aliphatic rings. The van der Waals surface area contributed by atoms with E-state index in [2.05, 4.69) is 38.9 Å². The first-order valence-electron chi connectivity index (χ1n) is 9.69. The van der Waals surface area contributed by atoms with Crippen molar-refractivity contribution in [3.8, 4) is 11.8 Å². The lowest BCUT2D eigenvalue weighted by atomic mass is 10.1. The van der Waals surface area contributed by atoms with Gasteiger partial charge in [0.05, 0.1) is 16.6 Å². The van der Waals surface area contributed by atoms with Crippen molar-refractivity contribution in [2.75, 3.05) is 0 Å². The number of aromatic amines is 1. The summed E-state index contributed by atoms with van der Waals surface area (Å²) in [6, 6.07) is 19.6. The van der Waals surface area contributed by atoms with Gasteiger partial charge in [-0.3, -0.25) is 0 Å². The molecular weight excluding hydrogens is 474 g/mol. The smallest absolute Gasteiger partial charge is 0.149 e. The highest BCUT2D eigenvalue weighted by molar-refractivity contribution is 9.10. The van der Waals surface area contributed by atoms with Crippen LogP contribution in [-0.4, -0.2) is 9.97 Å². The molecule has 0 bridgehead atoms. The first kappa shape index (κ1) is 21.2. The molecule has 4 nitrogen and oxygen atoms in total. The number of hydrogen-bond acceptors (Lipinski definition) is 3. The molecule has 0 spiro atoms. The molecule has 0 amide bonds. The number of H-pyrrole nitrogens is 1. The summed E-state index contributed by atoms with van der Waals surface area (Å²) in [6.45, 7) is 4.43. The van der Waals surface area contributed by atoms with Crippen LogP contribution >= 0.6 is 27.5 Å². The molecule has 0 unspecified atom stereocenters. The fraction of sp³-hybridized carbons (Fsp3) is 0.120. The van der Waals surface area contributed by atoms with Crippen LogP contribution in [0.4, 0.5) is 0 Å². The number of ether oxygens (including phenoxy) is 1. The fourth-order valence-electron chi connectivity index (χ4n) is 3.24. The van der Waals surface area contributed by atoms with Crippen molar-refractivity contribution in [2.45, 2.75) is 20.5 Å². The average molecular weight is 493 g/mol. The van der Waals surface area contributed by atoms with E-state index in [0.29, 0.717) is 28.8 Å². The number of benzene rings is 3. The van der Waals surface area contributed by atoms with Crippen molar-refractivity contribution in [3.05, 3.63) is 92.2 Å². The number of hydrogen-bond donors (Lipinski definition) is 1. The molecule has 0 atom stereocenters. The number of rotatable bonds is 5. The number of aryl methyl sites for hydroxylation is 2. The van der Waals surface area contributed by atoms with Crippen LogP contribution in [-0.2, 0) is 6.61 Å². The molecule has 31 heavy (non-hydrogen) atoms. The van der Waals surface area contributed by atoms with Gasteiger partial charge in [-0.15, -0.1) is 0 Å². The lowest BCUT2D eigenvalue weighted by Crippen LogP contribution is -1.98. The fourth-order valence-corrected chi connectivity index (χ4v) is 3.81. The van der Waals surface area contributed by atoms with E-state index < -0.39 is 0 Å². The van der Waals surface area contributed by atoms with Gasteiger partial charge in [0.25, 0.3) is 0 Å². The maximum Gasteiger partial charge on any atom is 0.149 e. The van der Waals surface area contributed by atoms with Gasteiger partial charge in [0, 0.05) is 20.6 Å². The molecule has 1 aromatic heterocycles. The first-order chi connectivity index (χ1) is 14.9. The van der Waals surface area contributed by atoms with Crippen LogP contribution in [0.3, 0.4) is 0 Å². The van der Waals surface area contributed by atoms with E-state index in [4.69, 9.17) is 16.3 Å². The quantitative estimate of drug-likeness (QED) is 0.299. The van der Waals surface area contributed by atoms with Gasteiger partial charge in [-0.25, -0.2) is 4.98 Å². The van der Waals surface area contributed by atoms with E-state index in [1.165, 1.54) is 5.56 Å². The van der Waals surface area contributed by atoms with Gasteiger partial charge in [-0.1, -0.05) is 45.7 Å². The Labute approximate surface area is 194 Å². The number of nitrogens with one attached hydrogen (secondary N) is 1. The molecule has 4 rings (SSSR count). The van der Waals surface area contributed by atoms with E-state index >= 15 is 0 Å². The van der Waals surface area contributed by atoms with Gasteiger partial charge in [0.1, 0.15) is 24.3 Å². The number of nitriles is 1. The van der Waals surface area contributed by atoms with Crippen LogP contribution in [0.5, 0.6) is 5.75 Å². The minimum absolute atomic E-state index is 0.327. The molecule has 6 heteroatoms. The predicted molar refractivity (Wildman–Crippen MR) is 129 cm³/mol. The third kappa shape index (κ3) is 4.66. The molecular formula is C25H19BrClN3O. The highest BCUT2D eigenvalue weighted by Crippen LogP contribution is 2.29. The van der Waals surface area contributed by atoms with Crippen LogP contribution in [0.25, 0.3) is 22.7 Å². The van der Waals surface area contributed by atoms with Gasteiger partial charge in [0.2, 0.25) is 0 Å². The Morgan fingerprint density at radius 3 is 2.71 bits per heavy atom. The van der Waals surface area contributed by atoms with Gasteiger partial charge < -0.3 is 9.72 Å². The second kappa shape index (κ2) is 8.97. The van der Waals surface area contributed by atoms with Crippen molar-refractivity contribution in [1.82, 2.24) is 9.97 Å². The number of halogens is 2. The number of aromatic nitrogens is 2. The third-order valence-corrected chi connectivity index (χ3v) is 5.95. The highest BCUT2D eigenvalue weighted by atomic mass is 79.9. The first-order valence-corrected chi connectivity index (χ1v) is 10.9. The van der Waals surface area contributed by atoms with Gasteiger partial charge in [0.15, 0.2) is 0 Å². The van der Waals surface area contributed by atoms with E-state index in [-0.39, 0.29) is 0 Å². The molecule has 0 saturated carbocycles. The van der Waals surface area contributed by atoms with Gasteiger partial charge >= 0.3 is 0 Å². The Morgan fingerprint density at radius 2 is 1.94 bits per heavy atom. The van der Waals surface area contributed by atoms with Crippen molar-refractivity contribution in [2.24, 2.45) is 0 Å². The van der Waals surface area contributed by atoms with Gasteiger partial charge in [-0.05, 0) is 67.4 Å². The second-order valence-corrected chi connectivity index (χ2v) is 8.59. The number of allylic oxidation sites excluding steroid dienone is 1. The molecule has 0 saturated heterocycles. The summed E-state index contributed by atoms with van der Waals surface area (Å²) in [4.78, 5) is 7.89. The lowest BCUT2D eigenvalue weighted by Gasteiger charge is -2.11. The van der Waals surface area contributed by atoms with Crippen LogP contribution in [0.15, 0.2) is 59.1 Å². The number of fused-ring (bicyclic) bond motifs is 1. The topological polar surface area (TPSA) is 61.7 Å². The zero-order chi connectivity index (χ0) is 22.0. The maximum atomic E-state index is 9.83. The van der Waals surface area contributed by atoms with Crippen LogP contribution in [0, 0.1) is 25.2 Å². The molecule has 0 radical (unpaired) electrons. The third-order valence-electron chi connectivity index (χ3n) is 5.09. The normalized spacial score (nSPS) is 11.5. The summed E-state index contributed by atoms with van der Waals surface area (Å²) >= 11 is 9.75. The van der Waals surface area contributed by atoms with Crippen molar-refractivity contribution in [1.29, 1.82) is 5.26 Å². The van der Waals surface area contributed by atoms with Crippen molar-refractivity contribution < 1.29 is 4.74 Å². The van der Waals surface area contributed by atoms with Crippen molar-refractivity contribution >= 4 is 50.2 Å². The molecule has 1 N–H and O–H groups in total. The zero-order valence-electron chi connectivity index (χ0n) is 17.0. The Balaban J connectivity index is 1.70. The van der Waals surface area contributed by atoms with Crippen LogP contribution < -0.4 is 4.74 Å². The summed E-state index contributed by atoms with van der Waals surface area (Å²) in [6.07, 6.45) is 1.78. The average Bonchev–Trinajstić information content (AvgIpc) is 3.15. The number of imidazole rings is 1. The van der Waals surface area contributed by atoms with Crippen molar-refractivity contribution in [3.63, 3.8) is 0 Å². The Kier molecular flexibility index (Phi) is 6.13. The highest BCUT2D eigenvalue weighted by Gasteiger charge is 2.12. The predicted octanol–water partition coefficient (Wildman–Crippen LogP) is 7.24. The standard InChI is InChI=1S/C25H19BrClN3O/c1-15-9-22-23(10-16(15)2)30-25(29-22)19(13-28)11-18-12-20(26)7-8-24(18)31-14-17-5-3-4-6-21(17)27/h3-12H,14H2,1-2H3,(H,29,30)/b19-11+. The van der Waals surface area contributed by atoms with E-state index in [1.807, 2.05) is 61.5 Å². The largest absolute Gasteiger partial charge is 0.488 e. The molecule has 154 valence electrons. The summed E-state index contributed by atoms with van der Waals surface area (Å²) in [5.41, 5.74) is 6.17. The maximum absolute atomic E-state index is 9.83. The molecule has 0 aliphatic carbocycles. The summed E-state index contributed by atoms with van der Waals surface area (Å²) in [5.74, 6) is 1.18. The second-order valence-electron chi connectivity index (χ2n) is 7.27. The van der Waals surface area contributed by atoms with E-state index in [0.717, 1.165) is 32.2 Å². The molecule has 0 fully saturated rings. The molecule has 1 heterocycles. The van der Waals surface area contributed by atoms with Crippen LogP contribution in [0.1, 0.15) is 28.1 Å². The lowest BCUT2D eigenvalue weighted by molar-refractivity contribution is 0.305. The summed E-state index contributed by atoms with van der Waals surface area (Å²) < 4.78 is 6.93. The monoisotopic (exact) mass is 491 g/mol. The summed E-state index contributed by atoms with van der Waals surface area (Å²) in [5, 5.41) is 10.5. The van der Waals surface area contributed by atoms with E-state index in [9.17, 15) is 5.26 Å². The Hall–Kier alpha value is -3.07. The Bertz CT molecular complexity index is 1310. The van der Waals surface area contributed by atoms with E-state index in [1.54, 1.807) is 6.08 Å². The Morgan fingerprint density at radius 1 is 1.16 bits per heavy atom. The SMILES string of the molecule is Cc1cc2nc(/C(C#N)=C/c3cc(Br)ccc3OCc3ccccc3Cl)[nH]c2cc1C. The minimum Gasteiger partial charge on any atom is -0.488 e. The van der Waals surface area contributed by atoms with Gasteiger partial charge in [-0.2, -0.15) is 5.26 Å². The molecule has 4 aromatic rings. The zero-order valence-corrected chi connectivity index (χ0v) is 19.4.